The maximum Gasteiger partial charge on any atom is 0.395 e. The van der Waals surface area contributed by atoms with E-state index in [-0.39, 0.29) is 11.8 Å². The van der Waals surface area contributed by atoms with Gasteiger partial charge in [0.05, 0.1) is 37.2 Å². The van der Waals surface area contributed by atoms with Crippen molar-refractivity contribution in [2.45, 2.75) is 103 Å². The van der Waals surface area contributed by atoms with Crippen molar-refractivity contribution >= 4 is 11.9 Å². The van der Waals surface area contributed by atoms with Crippen molar-refractivity contribution in [3.8, 4) is 5.75 Å². The molecular weight excluding hydrogens is 585 g/mol. The van der Waals surface area contributed by atoms with Gasteiger partial charge in [0.1, 0.15) is 11.8 Å². The topological polar surface area (TPSA) is 88.1 Å². The minimum atomic E-state index is -4.66. The number of amides is 1. The first-order chi connectivity index (χ1) is 20.9. The van der Waals surface area contributed by atoms with Gasteiger partial charge in [-0.25, -0.2) is 4.79 Å². The first-order valence-corrected chi connectivity index (χ1v) is 15.7. The zero-order valence-electron chi connectivity index (χ0n) is 27.0. The average Bonchev–Trinajstić information content (AvgIpc) is 3.67. The molecule has 3 aliphatic rings. The smallest absolute Gasteiger partial charge is 0.395 e. The molecule has 0 unspecified atom stereocenters. The summed E-state index contributed by atoms with van der Waals surface area (Å²) in [4.78, 5) is 29.0. The van der Waals surface area contributed by atoms with E-state index >= 15 is 0 Å². The van der Waals surface area contributed by atoms with Gasteiger partial charge in [0, 0.05) is 24.1 Å². The average molecular weight is 631 g/mol. The lowest BCUT2D eigenvalue weighted by Crippen LogP contribution is -2.53. The van der Waals surface area contributed by atoms with Crippen LogP contribution in [0.1, 0.15) is 77.1 Å². The summed E-state index contributed by atoms with van der Waals surface area (Å²) in [5, 5.41) is 14.3. The molecule has 2 aromatic rings. The van der Waals surface area contributed by atoms with E-state index in [9.17, 15) is 27.9 Å². The number of aliphatic carboxylic acids is 1. The maximum atomic E-state index is 14.6. The van der Waals surface area contributed by atoms with E-state index in [4.69, 9.17) is 9.47 Å². The van der Waals surface area contributed by atoms with Crippen molar-refractivity contribution < 1.29 is 37.3 Å². The largest absolute Gasteiger partial charge is 0.496 e. The Labute approximate surface area is 263 Å². The van der Waals surface area contributed by atoms with Gasteiger partial charge in [0.2, 0.25) is 5.91 Å². The normalized spacial score (nSPS) is 30.1. The van der Waals surface area contributed by atoms with Crippen molar-refractivity contribution in [1.29, 1.82) is 0 Å². The van der Waals surface area contributed by atoms with Crippen molar-refractivity contribution in [3.05, 3.63) is 65.2 Å². The third-order valence-electron chi connectivity index (χ3n) is 9.93. The minimum absolute atomic E-state index is 0.135. The molecule has 10 heteroatoms. The molecule has 1 amide bonds. The van der Waals surface area contributed by atoms with E-state index in [0.29, 0.717) is 24.3 Å². The Hall–Kier alpha value is -3.11. The van der Waals surface area contributed by atoms with Gasteiger partial charge in [-0.05, 0) is 40.9 Å². The number of benzene rings is 2. The van der Waals surface area contributed by atoms with E-state index < -0.39 is 71.6 Å². The number of rotatable bonds is 7. The van der Waals surface area contributed by atoms with Crippen LogP contribution in [0.25, 0.3) is 0 Å². The number of carboxylic acids is 1. The molecule has 3 saturated heterocycles. The Balaban J connectivity index is 1.62. The second-order valence-electron chi connectivity index (χ2n) is 14.8. The number of fused-ring (bicyclic) bond motifs is 2. The first-order valence-electron chi connectivity index (χ1n) is 15.7. The van der Waals surface area contributed by atoms with Gasteiger partial charge in [-0.3, -0.25) is 4.79 Å². The second-order valence-corrected chi connectivity index (χ2v) is 14.8. The maximum absolute atomic E-state index is 14.6. The molecule has 5 rings (SSSR count). The highest BCUT2D eigenvalue weighted by Gasteiger charge is 2.66. The fourth-order valence-corrected chi connectivity index (χ4v) is 7.92. The molecule has 3 heterocycles. The van der Waals surface area contributed by atoms with E-state index in [1.54, 1.807) is 19.2 Å². The zero-order chi connectivity index (χ0) is 33.1. The number of nitrogens with one attached hydrogen (secondary N) is 1. The summed E-state index contributed by atoms with van der Waals surface area (Å²) in [6, 6.07) is 12.2. The predicted molar refractivity (Wildman–Crippen MR) is 164 cm³/mol. The van der Waals surface area contributed by atoms with Crippen LogP contribution >= 0.6 is 0 Å². The number of ether oxygens (including phenoxy) is 2. The summed E-state index contributed by atoms with van der Waals surface area (Å²) < 4.78 is 54.7. The van der Waals surface area contributed by atoms with Gasteiger partial charge in [0.15, 0.2) is 0 Å². The van der Waals surface area contributed by atoms with Gasteiger partial charge < -0.3 is 24.8 Å². The summed E-state index contributed by atoms with van der Waals surface area (Å²) in [6.07, 6.45) is -6.09. The molecule has 0 saturated carbocycles. The molecule has 0 radical (unpaired) electrons. The second kappa shape index (κ2) is 11.9. The summed E-state index contributed by atoms with van der Waals surface area (Å²) in [7, 11) is 1.59. The number of likely N-dealkylation sites (tertiary alicyclic amines) is 1. The molecule has 8 atom stereocenters. The summed E-state index contributed by atoms with van der Waals surface area (Å²) in [5.41, 5.74) is 1.83. The SMILES string of the molecule is COc1ccc(C(C)(C)C)cc1CN[C@H]1[C@H](C(C)(C)C)[C@@H](C(=O)O)N(C(=O)[C@@H]2[C@@H](C(F)(F)F)[C@@H]3CC[C@H]2O3)[C@H]1c1ccccc1. The van der Waals surface area contributed by atoms with Crippen LogP contribution in [0.15, 0.2) is 48.5 Å². The molecule has 0 spiro atoms. The predicted octanol–water partition coefficient (Wildman–Crippen LogP) is 6.51. The van der Waals surface area contributed by atoms with E-state index in [1.165, 1.54) is 4.90 Å². The lowest BCUT2D eigenvalue weighted by Gasteiger charge is -2.37. The van der Waals surface area contributed by atoms with E-state index in [0.717, 1.165) is 11.1 Å². The fraction of sp³-hybridized carbons (Fsp3) is 0.600. The number of alkyl halides is 3. The molecule has 3 fully saturated rings. The summed E-state index contributed by atoms with van der Waals surface area (Å²) in [6.45, 7) is 12.4. The van der Waals surface area contributed by atoms with Crippen LogP contribution in [0.2, 0.25) is 0 Å². The number of hydrogen-bond acceptors (Lipinski definition) is 5. The van der Waals surface area contributed by atoms with Crippen LogP contribution < -0.4 is 10.1 Å². The zero-order valence-corrected chi connectivity index (χ0v) is 27.0. The number of methoxy groups -OCH3 is 1. The van der Waals surface area contributed by atoms with Gasteiger partial charge in [0.25, 0.3) is 0 Å². The molecule has 2 bridgehead atoms. The Morgan fingerprint density at radius 2 is 1.62 bits per heavy atom. The van der Waals surface area contributed by atoms with Gasteiger partial charge in [-0.2, -0.15) is 13.2 Å². The lowest BCUT2D eigenvalue weighted by atomic mass is 9.72. The molecule has 2 N–H and O–H groups in total. The highest BCUT2D eigenvalue weighted by atomic mass is 19.4. The number of nitrogens with zero attached hydrogens (tertiary/aromatic N) is 1. The van der Waals surface area contributed by atoms with Crippen LogP contribution in [-0.2, 0) is 26.3 Å². The van der Waals surface area contributed by atoms with E-state index in [1.807, 2.05) is 51.1 Å². The van der Waals surface area contributed by atoms with E-state index in [2.05, 4.69) is 32.2 Å². The Kier molecular flexibility index (Phi) is 8.81. The highest BCUT2D eigenvalue weighted by molar-refractivity contribution is 5.88. The van der Waals surface area contributed by atoms with Crippen LogP contribution in [0.5, 0.6) is 5.75 Å². The monoisotopic (exact) mass is 630 g/mol. The Morgan fingerprint density at radius 3 is 2.18 bits per heavy atom. The number of carboxylic acid groups (broad SMARTS) is 1. The minimum Gasteiger partial charge on any atom is -0.496 e. The molecular formula is C35H45F3N2O5. The van der Waals surface area contributed by atoms with Crippen LogP contribution in [0.3, 0.4) is 0 Å². The number of halogens is 3. The van der Waals surface area contributed by atoms with Gasteiger partial charge in [-0.1, -0.05) is 84.0 Å². The summed E-state index contributed by atoms with van der Waals surface area (Å²) >= 11 is 0. The molecule has 0 aromatic heterocycles. The summed E-state index contributed by atoms with van der Waals surface area (Å²) in [5.74, 6) is -5.51. The lowest BCUT2D eigenvalue weighted by molar-refractivity contribution is -0.200. The van der Waals surface area contributed by atoms with Crippen molar-refractivity contribution in [2.75, 3.05) is 7.11 Å². The van der Waals surface area contributed by atoms with Crippen LogP contribution in [0.4, 0.5) is 13.2 Å². The van der Waals surface area contributed by atoms with Crippen LogP contribution in [-0.4, -0.2) is 59.5 Å². The quantitative estimate of drug-likeness (QED) is 0.363. The Bertz CT molecular complexity index is 1400. The van der Waals surface area contributed by atoms with Gasteiger partial charge >= 0.3 is 12.1 Å². The third-order valence-corrected chi connectivity index (χ3v) is 9.93. The fourth-order valence-electron chi connectivity index (χ4n) is 7.92. The third kappa shape index (κ3) is 6.20. The van der Waals surface area contributed by atoms with Crippen molar-refractivity contribution in [1.82, 2.24) is 10.2 Å². The number of carbonyl (C=O) groups is 2. The highest BCUT2D eigenvalue weighted by Crippen LogP contribution is 2.54. The van der Waals surface area contributed by atoms with Crippen LogP contribution in [0, 0.1) is 23.2 Å². The molecule has 3 aliphatic heterocycles. The molecule has 0 aliphatic carbocycles. The van der Waals surface area contributed by atoms with Gasteiger partial charge in [-0.15, -0.1) is 0 Å². The molecule has 246 valence electrons. The molecule has 7 nitrogen and oxygen atoms in total. The number of carbonyl (C=O) groups excluding carboxylic acids is 1. The number of hydrogen-bond donors (Lipinski definition) is 2. The van der Waals surface area contributed by atoms with Crippen molar-refractivity contribution in [3.63, 3.8) is 0 Å². The first kappa shape index (κ1) is 33.3. The molecule has 45 heavy (non-hydrogen) atoms. The Morgan fingerprint density at radius 1 is 0.978 bits per heavy atom. The molecule has 2 aromatic carbocycles. The van der Waals surface area contributed by atoms with Crippen molar-refractivity contribution in [2.24, 2.45) is 23.2 Å². The standard InChI is InChI=1S/C35H45F3N2O5/c1-33(2,3)21-13-14-22(44-7)20(17-21)18-39-28-27(34(4,5)6)30(32(42)43)40(29(28)19-11-9-8-10-12-19)31(41)25-23-15-16-24(45-23)26(25)35(36,37)38/h8-14,17,23-30,39H,15-16,18H2,1-7H3,(H,42,43)/t23-,24+,25+,26+,27+,28+,29+,30+/m1/s1.